The summed E-state index contributed by atoms with van der Waals surface area (Å²) in [6.07, 6.45) is 0. The van der Waals surface area contributed by atoms with Gasteiger partial charge in [-0.05, 0) is 18.2 Å². The fourth-order valence-electron chi connectivity index (χ4n) is 1.47. The van der Waals surface area contributed by atoms with Gasteiger partial charge in [-0.25, -0.2) is 4.39 Å². The minimum absolute atomic E-state index is 0.216. The monoisotopic (exact) mass is 297 g/mol. The lowest BCUT2D eigenvalue weighted by atomic mass is 10.1. The molecule has 0 heterocycles. The highest BCUT2D eigenvalue weighted by Gasteiger charge is 2.11. The van der Waals surface area contributed by atoms with Crippen molar-refractivity contribution in [2.24, 2.45) is 0 Å². The van der Waals surface area contributed by atoms with Crippen molar-refractivity contribution >= 4 is 16.7 Å². The Morgan fingerprint density at radius 2 is 2.25 bits per heavy atom. The molecule has 1 rings (SSSR count). The van der Waals surface area contributed by atoms with Gasteiger partial charge < -0.3 is 10.4 Å². The molecule has 0 aliphatic heterocycles. The van der Waals surface area contributed by atoms with Gasteiger partial charge in [0.1, 0.15) is 12.4 Å². The molecule has 1 unspecified atom stereocenters. The molecular formula is C14H16FNO3S. The molecule has 0 aromatic heterocycles. The Labute approximate surface area is 119 Å². The first kappa shape index (κ1) is 16.3. The van der Waals surface area contributed by atoms with Crippen LogP contribution in [0.1, 0.15) is 22.8 Å². The number of carbonyl (C=O) groups excluding carboxylic acids is 1. The van der Waals surface area contributed by atoms with Crippen molar-refractivity contribution in [3.05, 3.63) is 35.1 Å². The van der Waals surface area contributed by atoms with Gasteiger partial charge in [-0.2, -0.15) is 0 Å². The first-order chi connectivity index (χ1) is 9.58. The third-order valence-corrected chi connectivity index (χ3v) is 3.77. The lowest BCUT2D eigenvalue weighted by Gasteiger charge is -2.07. The third kappa shape index (κ3) is 5.11. The van der Waals surface area contributed by atoms with E-state index >= 15 is 0 Å². The molecule has 1 aromatic carbocycles. The van der Waals surface area contributed by atoms with Gasteiger partial charge in [0.15, 0.2) is 0 Å². The number of nitrogens with one attached hydrogen (secondary N) is 1. The largest absolute Gasteiger partial charge is 0.384 e. The highest BCUT2D eigenvalue weighted by molar-refractivity contribution is 7.84. The molecule has 0 radical (unpaired) electrons. The van der Waals surface area contributed by atoms with Gasteiger partial charge in [-0.3, -0.25) is 9.00 Å². The molecule has 1 amide bonds. The summed E-state index contributed by atoms with van der Waals surface area (Å²) in [5, 5.41) is 11.3. The summed E-state index contributed by atoms with van der Waals surface area (Å²) in [5.41, 5.74) is 0.447. The Balaban J connectivity index is 2.79. The number of hydrogen-bond donors (Lipinski definition) is 2. The van der Waals surface area contributed by atoms with Gasteiger partial charge in [0.25, 0.3) is 5.91 Å². The Morgan fingerprint density at radius 1 is 1.50 bits per heavy atom. The molecule has 0 aliphatic rings. The van der Waals surface area contributed by atoms with Crippen LogP contribution < -0.4 is 5.32 Å². The summed E-state index contributed by atoms with van der Waals surface area (Å²) < 4.78 is 24.4. The van der Waals surface area contributed by atoms with Gasteiger partial charge in [0, 0.05) is 34.4 Å². The summed E-state index contributed by atoms with van der Waals surface area (Å²) in [6, 6.07) is 3.65. The summed E-state index contributed by atoms with van der Waals surface area (Å²) in [6.45, 7) is 1.72. The maximum atomic E-state index is 13.1. The molecule has 0 aliphatic carbocycles. The number of amides is 1. The maximum absolute atomic E-state index is 13.1. The minimum atomic E-state index is -0.949. The van der Waals surface area contributed by atoms with E-state index < -0.39 is 22.5 Å². The predicted molar refractivity (Wildman–Crippen MR) is 76.2 cm³/mol. The smallest absolute Gasteiger partial charge is 0.252 e. The van der Waals surface area contributed by atoms with E-state index in [-0.39, 0.29) is 24.3 Å². The lowest BCUT2D eigenvalue weighted by Crippen LogP contribution is -2.28. The number of carbonyl (C=O) groups is 1. The number of aliphatic hydroxyl groups is 1. The van der Waals surface area contributed by atoms with Crippen molar-refractivity contribution in [3.63, 3.8) is 0 Å². The Bertz CT molecular complexity index is 563. The molecule has 108 valence electrons. The van der Waals surface area contributed by atoms with Crippen LogP contribution in [-0.4, -0.2) is 39.9 Å². The summed E-state index contributed by atoms with van der Waals surface area (Å²) in [5.74, 6) is 4.93. The number of halogens is 1. The zero-order valence-corrected chi connectivity index (χ0v) is 11.9. The van der Waals surface area contributed by atoms with Crippen LogP contribution in [-0.2, 0) is 10.8 Å². The molecule has 1 atom stereocenters. The molecule has 0 bridgehead atoms. The second kappa shape index (κ2) is 8.46. The van der Waals surface area contributed by atoms with Crippen molar-refractivity contribution in [2.75, 3.05) is 24.7 Å². The van der Waals surface area contributed by atoms with E-state index in [1.54, 1.807) is 6.92 Å². The fraction of sp³-hybridized carbons (Fsp3) is 0.357. The number of hydrogen-bond acceptors (Lipinski definition) is 3. The van der Waals surface area contributed by atoms with Crippen LogP contribution >= 0.6 is 0 Å². The van der Waals surface area contributed by atoms with E-state index in [9.17, 15) is 13.4 Å². The molecule has 1 aromatic rings. The van der Waals surface area contributed by atoms with E-state index in [0.29, 0.717) is 11.5 Å². The second-order valence-corrected chi connectivity index (χ2v) is 5.70. The van der Waals surface area contributed by atoms with Crippen LogP contribution in [0.15, 0.2) is 18.2 Å². The van der Waals surface area contributed by atoms with Crippen LogP contribution in [0.5, 0.6) is 0 Å². The molecule has 20 heavy (non-hydrogen) atoms. The van der Waals surface area contributed by atoms with E-state index in [1.165, 1.54) is 12.1 Å². The zero-order chi connectivity index (χ0) is 15.0. The van der Waals surface area contributed by atoms with Gasteiger partial charge in [0.2, 0.25) is 0 Å². The molecule has 2 N–H and O–H groups in total. The summed E-state index contributed by atoms with van der Waals surface area (Å²) >= 11 is 0. The number of benzene rings is 1. The van der Waals surface area contributed by atoms with E-state index in [1.807, 2.05) is 0 Å². The predicted octanol–water partition coefficient (Wildman–Crippen LogP) is 0.668. The van der Waals surface area contributed by atoms with Crippen molar-refractivity contribution < 1.29 is 18.5 Å². The third-order valence-electron chi connectivity index (χ3n) is 2.47. The average Bonchev–Trinajstić information content (AvgIpc) is 2.44. The Hall–Kier alpha value is -1.71. The van der Waals surface area contributed by atoms with Gasteiger partial charge in [0.05, 0.1) is 5.56 Å². The first-order valence-electron chi connectivity index (χ1n) is 6.11. The molecule has 0 saturated heterocycles. The lowest BCUT2D eigenvalue weighted by molar-refractivity contribution is 0.0956. The highest BCUT2D eigenvalue weighted by atomic mass is 32.2. The number of rotatable bonds is 5. The number of aliphatic hydroxyl groups excluding tert-OH is 1. The van der Waals surface area contributed by atoms with E-state index in [4.69, 9.17) is 5.11 Å². The van der Waals surface area contributed by atoms with E-state index in [2.05, 4.69) is 17.2 Å². The Morgan fingerprint density at radius 3 is 2.90 bits per heavy atom. The zero-order valence-electron chi connectivity index (χ0n) is 11.1. The molecule has 6 heteroatoms. The quantitative estimate of drug-likeness (QED) is 0.785. The van der Waals surface area contributed by atoms with Gasteiger partial charge in [-0.15, -0.1) is 0 Å². The summed E-state index contributed by atoms with van der Waals surface area (Å²) in [7, 11) is -0.949. The van der Waals surface area contributed by atoms with Gasteiger partial charge in [-0.1, -0.05) is 18.8 Å². The molecule has 0 fully saturated rings. The van der Waals surface area contributed by atoms with Crippen LogP contribution in [0.25, 0.3) is 0 Å². The molecule has 4 nitrogen and oxygen atoms in total. The second-order valence-electron chi connectivity index (χ2n) is 3.84. The summed E-state index contributed by atoms with van der Waals surface area (Å²) in [4.78, 5) is 11.9. The van der Waals surface area contributed by atoms with Crippen molar-refractivity contribution in [1.82, 2.24) is 5.32 Å². The first-order valence-corrected chi connectivity index (χ1v) is 7.59. The highest BCUT2D eigenvalue weighted by Crippen LogP contribution is 2.10. The van der Waals surface area contributed by atoms with Crippen LogP contribution in [0.2, 0.25) is 0 Å². The maximum Gasteiger partial charge on any atom is 0.252 e. The fourth-order valence-corrected chi connectivity index (χ4v) is 2.09. The van der Waals surface area contributed by atoms with Crippen molar-refractivity contribution in [3.8, 4) is 11.8 Å². The topological polar surface area (TPSA) is 66.4 Å². The minimum Gasteiger partial charge on any atom is -0.384 e. The van der Waals surface area contributed by atoms with Crippen molar-refractivity contribution in [2.45, 2.75) is 6.92 Å². The van der Waals surface area contributed by atoms with Crippen LogP contribution in [0.4, 0.5) is 4.39 Å². The normalized spacial score (nSPS) is 11.3. The van der Waals surface area contributed by atoms with Crippen LogP contribution in [0, 0.1) is 17.7 Å². The average molecular weight is 297 g/mol. The molecular weight excluding hydrogens is 281 g/mol. The SMILES string of the molecule is CCS(=O)CCNC(=O)c1ccc(F)cc1C#CCO. The van der Waals surface area contributed by atoms with E-state index in [0.717, 1.165) is 6.07 Å². The molecule has 0 saturated carbocycles. The molecule has 0 spiro atoms. The Kier molecular flexibility index (Phi) is 6.91. The standard InChI is InChI=1S/C14H16FNO3S/c1-2-20(19)9-7-16-14(18)13-6-5-12(15)10-11(13)4-3-8-17/h5-6,10,17H,2,7-9H2,1H3,(H,16,18). The van der Waals surface area contributed by atoms with Crippen LogP contribution in [0.3, 0.4) is 0 Å². The van der Waals surface area contributed by atoms with Gasteiger partial charge >= 0.3 is 0 Å². The van der Waals surface area contributed by atoms with Crippen molar-refractivity contribution in [1.29, 1.82) is 0 Å².